The van der Waals surface area contributed by atoms with E-state index in [1.807, 2.05) is 6.92 Å². The number of nitrogen functional groups attached to an aromatic ring is 1. The van der Waals surface area contributed by atoms with E-state index in [-0.39, 0.29) is 0 Å². The first-order valence-electron chi connectivity index (χ1n) is 5.41. The van der Waals surface area contributed by atoms with Crippen molar-refractivity contribution in [3.8, 4) is 0 Å². The van der Waals surface area contributed by atoms with Gasteiger partial charge in [0.1, 0.15) is 11.3 Å². The molecule has 1 unspecified atom stereocenters. The normalized spacial score (nSPS) is 21.8. The fourth-order valence-corrected chi connectivity index (χ4v) is 3.11. The van der Waals surface area contributed by atoms with Crippen LogP contribution in [0.15, 0.2) is 0 Å². The zero-order valence-electron chi connectivity index (χ0n) is 8.62. The Hall–Kier alpha value is -1.58. The van der Waals surface area contributed by atoms with E-state index < -0.39 is 0 Å². The molecule has 4 heteroatoms. The molecule has 15 heavy (non-hydrogen) atoms. The third kappa shape index (κ3) is 0.715. The summed E-state index contributed by atoms with van der Waals surface area (Å²) in [5.74, 6) is 2.35. The maximum atomic E-state index is 5.94. The van der Waals surface area contributed by atoms with Crippen molar-refractivity contribution in [2.45, 2.75) is 32.2 Å². The maximum absolute atomic E-state index is 5.94. The number of pyridine rings is 1. The van der Waals surface area contributed by atoms with Gasteiger partial charge in [-0.3, -0.25) is 0 Å². The summed E-state index contributed by atoms with van der Waals surface area (Å²) in [7, 11) is 0. The van der Waals surface area contributed by atoms with Gasteiger partial charge in [-0.25, -0.2) is 9.97 Å². The van der Waals surface area contributed by atoms with E-state index in [0.29, 0.717) is 11.7 Å². The summed E-state index contributed by atoms with van der Waals surface area (Å²) in [5, 5.41) is 0. The van der Waals surface area contributed by atoms with Gasteiger partial charge < -0.3 is 10.3 Å². The summed E-state index contributed by atoms with van der Waals surface area (Å²) in [6.07, 6.45) is 2.31. The minimum Gasteiger partial charge on any atom is -0.382 e. The van der Waals surface area contributed by atoms with E-state index in [9.17, 15) is 0 Å². The molecule has 3 heterocycles. The summed E-state index contributed by atoms with van der Waals surface area (Å²) in [6.45, 7) is 3.13. The lowest BCUT2D eigenvalue weighted by Crippen LogP contribution is -2.00. The van der Waals surface area contributed by atoms with Crippen LogP contribution in [0.1, 0.15) is 29.4 Å². The molecule has 2 aromatic rings. The molecule has 0 bridgehead atoms. The predicted molar refractivity (Wildman–Crippen MR) is 57.7 cm³/mol. The molecule has 0 amide bonds. The van der Waals surface area contributed by atoms with E-state index in [2.05, 4.69) is 14.5 Å². The summed E-state index contributed by atoms with van der Waals surface area (Å²) in [6, 6.07) is 0. The fourth-order valence-electron chi connectivity index (χ4n) is 3.11. The lowest BCUT2D eigenvalue weighted by molar-refractivity contribution is 0.587. The number of rotatable bonds is 0. The standard InChI is InChI=1S/C11H12N4/c1-5-13-9-10-8-6(4-15(5)10)2-3-7(8)14-11(9)12/h6H,2-4H2,1H3,(H2,12,14). The van der Waals surface area contributed by atoms with Gasteiger partial charge in [-0.1, -0.05) is 0 Å². The molecule has 1 aliphatic carbocycles. The Labute approximate surface area is 87.1 Å². The van der Waals surface area contributed by atoms with Gasteiger partial charge in [0.15, 0.2) is 5.82 Å². The van der Waals surface area contributed by atoms with Crippen molar-refractivity contribution in [1.82, 2.24) is 14.5 Å². The molecule has 0 saturated carbocycles. The molecule has 4 nitrogen and oxygen atoms in total. The zero-order valence-corrected chi connectivity index (χ0v) is 8.62. The Morgan fingerprint density at radius 2 is 2.27 bits per heavy atom. The number of imidazole rings is 1. The third-order valence-corrected chi connectivity index (χ3v) is 3.76. The number of hydrogen-bond donors (Lipinski definition) is 1. The smallest absolute Gasteiger partial charge is 0.151 e. The number of aryl methyl sites for hydroxylation is 2. The van der Waals surface area contributed by atoms with Crippen molar-refractivity contribution in [1.29, 1.82) is 0 Å². The van der Waals surface area contributed by atoms with E-state index >= 15 is 0 Å². The van der Waals surface area contributed by atoms with E-state index in [1.54, 1.807) is 0 Å². The molecule has 1 atom stereocenters. The minimum atomic E-state index is 0.605. The van der Waals surface area contributed by atoms with Crippen molar-refractivity contribution in [3.05, 3.63) is 17.1 Å². The monoisotopic (exact) mass is 200 g/mol. The van der Waals surface area contributed by atoms with Crippen LogP contribution >= 0.6 is 0 Å². The van der Waals surface area contributed by atoms with E-state index in [4.69, 9.17) is 5.73 Å². The highest BCUT2D eigenvalue weighted by molar-refractivity contribution is 5.90. The largest absolute Gasteiger partial charge is 0.382 e. The second kappa shape index (κ2) is 2.15. The molecular formula is C11H12N4. The average Bonchev–Trinajstić information content (AvgIpc) is 2.81. The van der Waals surface area contributed by atoms with E-state index in [1.165, 1.54) is 23.2 Å². The van der Waals surface area contributed by atoms with Crippen LogP contribution in [0.2, 0.25) is 0 Å². The molecule has 0 spiro atoms. The van der Waals surface area contributed by atoms with Gasteiger partial charge in [0.05, 0.1) is 5.52 Å². The van der Waals surface area contributed by atoms with Crippen LogP contribution in [0.4, 0.5) is 5.82 Å². The molecule has 2 aliphatic rings. The van der Waals surface area contributed by atoms with Crippen LogP contribution in [0.3, 0.4) is 0 Å². The number of hydrogen-bond acceptors (Lipinski definition) is 3. The molecule has 76 valence electrons. The van der Waals surface area contributed by atoms with Crippen LogP contribution in [0.5, 0.6) is 0 Å². The molecule has 0 saturated heterocycles. The van der Waals surface area contributed by atoms with Gasteiger partial charge in [-0.2, -0.15) is 0 Å². The van der Waals surface area contributed by atoms with Crippen LogP contribution in [-0.4, -0.2) is 14.5 Å². The lowest BCUT2D eigenvalue weighted by Gasteiger charge is -2.03. The van der Waals surface area contributed by atoms with Crippen LogP contribution in [-0.2, 0) is 13.0 Å². The highest BCUT2D eigenvalue weighted by atomic mass is 15.1. The first-order chi connectivity index (χ1) is 7.25. The first-order valence-corrected chi connectivity index (χ1v) is 5.41. The summed E-state index contributed by atoms with van der Waals surface area (Å²) < 4.78 is 2.30. The SMILES string of the molecule is Cc1nc2c(N)nc3c4c2n1CC4CC3. The van der Waals surface area contributed by atoms with Gasteiger partial charge >= 0.3 is 0 Å². The van der Waals surface area contributed by atoms with Gasteiger partial charge in [0.25, 0.3) is 0 Å². The molecular weight excluding hydrogens is 188 g/mol. The number of nitrogens with two attached hydrogens (primary N) is 1. The first kappa shape index (κ1) is 7.68. The Balaban J connectivity index is 2.29. The summed E-state index contributed by atoms with van der Waals surface area (Å²) >= 11 is 0. The number of nitrogens with zero attached hydrogens (tertiary/aromatic N) is 3. The molecule has 2 aromatic heterocycles. The fraction of sp³-hybridized carbons (Fsp3) is 0.455. The summed E-state index contributed by atoms with van der Waals surface area (Å²) in [5.41, 5.74) is 10.8. The van der Waals surface area contributed by atoms with Crippen molar-refractivity contribution in [3.63, 3.8) is 0 Å². The molecule has 4 rings (SSSR count). The Morgan fingerprint density at radius 1 is 1.40 bits per heavy atom. The topological polar surface area (TPSA) is 56.7 Å². The molecule has 0 fully saturated rings. The average molecular weight is 200 g/mol. The van der Waals surface area contributed by atoms with Gasteiger partial charge in [0.2, 0.25) is 0 Å². The minimum absolute atomic E-state index is 0.605. The Kier molecular flexibility index (Phi) is 1.10. The van der Waals surface area contributed by atoms with Gasteiger partial charge in [-0.05, 0) is 19.8 Å². The predicted octanol–water partition coefficient (Wildman–Crippen LogP) is 1.37. The molecule has 0 aromatic carbocycles. The number of aromatic nitrogens is 3. The van der Waals surface area contributed by atoms with Crippen molar-refractivity contribution < 1.29 is 0 Å². The number of anilines is 1. The van der Waals surface area contributed by atoms with E-state index in [0.717, 1.165) is 24.3 Å². The van der Waals surface area contributed by atoms with Crippen molar-refractivity contribution >= 4 is 16.9 Å². The second-order valence-electron chi connectivity index (χ2n) is 4.56. The van der Waals surface area contributed by atoms with Crippen molar-refractivity contribution in [2.24, 2.45) is 0 Å². The maximum Gasteiger partial charge on any atom is 0.151 e. The van der Waals surface area contributed by atoms with Gasteiger partial charge in [-0.15, -0.1) is 0 Å². The Morgan fingerprint density at radius 3 is 3.13 bits per heavy atom. The highest BCUT2D eigenvalue weighted by Gasteiger charge is 2.35. The Bertz CT molecular complexity index is 596. The van der Waals surface area contributed by atoms with Crippen LogP contribution < -0.4 is 5.73 Å². The molecule has 0 radical (unpaired) electrons. The molecule has 1 aliphatic heterocycles. The summed E-state index contributed by atoms with van der Waals surface area (Å²) in [4.78, 5) is 8.98. The zero-order chi connectivity index (χ0) is 10.2. The third-order valence-electron chi connectivity index (χ3n) is 3.76. The lowest BCUT2D eigenvalue weighted by atomic mass is 10.1. The molecule has 2 N–H and O–H groups in total. The quantitative estimate of drug-likeness (QED) is 0.698. The van der Waals surface area contributed by atoms with Crippen molar-refractivity contribution in [2.75, 3.05) is 5.73 Å². The highest BCUT2D eigenvalue weighted by Crippen LogP contribution is 2.44. The van der Waals surface area contributed by atoms with Gasteiger partial charge in [0, 0.05) is 23.7 Å². The van der Waals surface area contributed by atoms with Crippen LogP contribution in [0, 0.1) is 6.92 Å². The van der Waals surface area contributed by atoms with Crippen LogP contribution in [0.25, 0.3) is 11.0 Å². The second-order valence-corrected chi connectivity index (χ2v) is 4.56.